The third-order valence-corrected chi connectivity index (χ3v) is 4.32. The van der Waals surface area contributed by atoms with E-state index in [4.69, 9.17) is 9.51 Å². The molecule has 1 atom stereocenters. The van der Waals surface area contributed by atoms with Gasteiger partial charge in [-0.3, -0.25) is 5.10 Å². The smallest absolute Gasteiger partial charge is 0.188 e. The average Bonchev–Trinajstić information content (AvgIpc) is 3.42. The van der Waals surface area contributed by atoms with Crippen LogP contribution in [0, 0.1) is 6.92 Å². The molecule has 0 radical (unpaired) electrons. The zero-order chi connectivity index (χ0) is 18.4. The maximum atomic E-state index is 5.18. The van der Waals surface area contributed by atoms with Crippen molar-refractivity contribution in [1.29, 1.82) is 0 Å². The Morgan fingerprint density at radius 2 is 2.15 bits per heavy atom. The number of aryl methyl sites for hydroxylation is 1. The topological polar surface area (TPSA) is 123 Å². The van der Waals surface area contributed by atoms with Crippen LogP contribution >= 0.6 is 0 Å². The molecular weight excluding hydrogens is 346 g/mol. The first kappa shape index (κ1) is 15.4. The van der Waals surface area contributed by atoms with E-state index in [1.54, 1.807) is 4.52 Å². The van der Waals surface area contributed by atoms with Crippen molar-refractivity contribution in [1.82, 2.24) is 40.1 Å². The van der Waals surface area contributed by atoms with Crippen molar-refractivity contribution in [3.63, 3.8) is 0 Å². The van der Waals surface area contributed by atoms with Gasteiger partial charge in [0, 0.05) is 11.5 Å². The molecule has 27 heavy (non-hydrogen) atoms. The highest BCUT2D eigenvalue weighted by Crippen LogP contribution is 2.29. The van der Waals surface area contributed by atoms with Crippen molar-refractivity contribution < 1.29 is 4.52 Å². The molecule has 134 valence electrons. The van der Waals surface area contributed by atoms with Gasteiger partial charge in [-0.25, -0.2) is 9.97 Å². The van der Waals surface area contributed by atoms with Crippen LogP contribution in [0.5, 0.6) is 0 Å². The van der Waals surface area contributed by atoms with Crippen molar-refractivity contribution in [2.75, 3.05) is 5.32 Å². The van der Waals surface area contributed by atoms with E-state index in [2.05, 4.69) is 36.0 Å². The molecule has 10 heteroatoms. The molecule has 1 unspecified atom stereocenters. The lowest BCUT2D eigenvalue weighted by Gasteiger charge is -2.14. The van der Waals surface area contributed by atoms with Crippen molar-refractivity contribution in [3.8, 4) is 11.4 Å². The van der Waals surface area contributed by atoms with Crippen LogP contribution in [-0.4, -0.2) is 40.1 Å². The van der Waals surface area contributed by atoms with Gasteiger partial charge in [-0.1, -0.05) is 22.5 Å². The summed E-state index contributed by atoms with van der Waals surface area (Å²) in [6.07, 6.45) is 1.48. The quantitative estimate of drug-likeness (QED) is 0.500. The number of fused-ring (bicyclic) bond motifs is 3. The second-order valence-corrected chi connectivity index (χ2v) is 6.21. The number of H-pyrrole nitrogens is 1. The van der Waals surface area contributed by atoms with Crippen LogP contribution in [0.2, 0.25) is 0 Å². The van der Waals surface area contributed by atoms with Gasteiger partial charge >= 0.3 is 0 Å². The molecule has 0 aliphatic rings. The number of hydrogen-bond donors (Lipinski definition) is 2. The lowest BCUT2D eigenvalue weighted by molar-refractivity contribution is 0.399. The number of rotatable bonds is 4. The molecule has 5 aromatic rings. The van der Waals surface area contributed by atoms with E-state index in [0.717, 1.165) is 16.7 Å². The summed E-state index contributed by atoms with van der Waals surface area (Å²) >= 11 is 0. The van der Waals surface area contributed by atoms with E-state index >= 15 is 0 Å². The molecular formula is C17H15N9O. The Morgan fingerprint density at radius 3 is 2.93 bits per heavy atom. The minimum atomic E-state index is -0.112. The fourth-order valence-electron chi connectivity index (χ4n) is 3.01. The molecule has 2 N–H and O–H groups in total. The van der Waals surface area contributed by atoms with Gasteiger partial charge in [-0.05, 0) is 26.0 Å². The van der Waals surface area contributed by atoms with Crippen LogP contribution < -0.4 is 5.32 Å². The number of anilines is 1. The Balaban J connectivity index is 1.71. The molecule has 0 aliphatic carbocycles. The van der Waals surface area contributed by atoms with Gasteiger partial charge in [0.2, 0.25) is 0 Å². The Bertz CT molecular complexity index is 1240. The van der Waals surface area contributed by atoms with Gasteiger partial charge in [0.1, 0.15) is 29.4 Å². The Labute approximate surface area is 152 Å². The monoisotopic (exact) mass is 361 g/mol. The fraction of sp³-hybridized carbons (Fsp3) is 0.176. The molecule has 4 heterocycles. The highest BCUT2D eigenvalue weighted by atomic mass is 16.5. The molecule has 5 rings (SSSR count). The van der Waals surface area contributed by atoms with Crippen LogP contribution in [0.25, 0.3) is 27.9 Å². The fourth-order valence-corrected chi connectivity index (χ4v) is 3.01. The Hall–Kier alpha value is -3.82. The summed E-state index contributed by atoms with van der Waals surface area (Å²) in [6.45, 7) is 3.81. The zero-order valence-corrected chi connectivity index (χ0v) is 14.6. The maximum Gasteiger partial charge on any atom is 0.188 e. The summed E-state index contributed by atoms with van der Waals surface area (Å²) in [4.78, 5) is 8.99. The van der Waals surface area contributed by atoms with Crippen LogP contribution in [-0.2, 0) is 0 Å². The summed E-state index contributed by atoms with van der Waals surface area (Å²) in [5.74, 6) is 2.12. The Kier molecular flexibility index (Phi) is 3.35. The minimum absolute atomic E-state index is 0.112. The summed E-state index contributed by atoms with van der Waals surface area (Å²) in [5, 5.41) is 23.7. The van der Waals surface area contributed by atoms with Gasteiger partial charge in [-0.15, -0.1) is 5.10 Å². The number of nitrogens with zero attached hydrogens (tertiary/aromatic N) is 7. The molecule has 0 aliphatic heterocycles. The van der Waals surface area contributed by atoms with Crippen LogP contribution in [0.15, 0.2) is 41.2 Å². The molecule has 0 fully saturated rings. The van der Waals surface area contributed by atoms with Crippen molar-refractivity contribution in [2.24, 2.45) is 0 Å². The normalized spacial score (nSPS) is 12.7. The van der Waals surface area contributed by atoms with Crippen molar-refractivity contribution >= 4 is 22.4 Å². The van der Waals surface area contributed by atoms with Crippen LogP contribution in [0.1, 0.15) is 24.6 Å². The van der Waals surface area contributed by atoms with E-state index < -0.39 is 0 Å². The van der Waals surface area contributed by atoms with E-state index in [9.17, 15) is 0 Å². The molecule has 1 aromatic carbocycles. The standard InChI is InChI=1S/C17H15N9O/c1-9-7-12(24-27-9)14-17-21-16(20-10(2)15-18-8-19-23-15)11-5-3-4-6-13(11)26(17)25-22-14/h3-8,10H,1-2H3,(H,20,21)(H,18,19,23). The van der Waals surface area contributed by atoms with E-state index in [0.29, 0.717) is 28.6 Å². The van der Waals surface area contributed by atoms with Gasteiger partial charge in [0.25, 0.3) is 0 Å². The minimum Gasteiger partial charge on any atom is -0.361 e. The Morgan fingerprint density at radius 1 is 1.26 bits per heavy atom. The highest BCUT2D eigenvalue weighted by molar-refractivity contribution is 5.93. The highest BCUT2D eigenvalue weighted by Gasteiger charge is 2.19. The van der Waals surface area contributed by atoms with Crippen molar-refractivity contribution in [3.05, 3.63) is 48.2 Å². The zero-order valence-electron chi connectivity index (χ0n) is 14.6. The molecule has 0 amide bonds. The van der Waals surface area contributed by atoms with Crippen LogP contribution in [0.4, 0.5) is 5.82 Å². The second kappa shape index (κ2) is 5.87. The predicted octanol–water partition coefficient (Wildman–Crippen LogP) is 2.53. The SMILES string of the molecule is Cc1cc(-c2nnn3c2nc(NC(C)c2ncn[nH]2)c2ccccc23)no1. The number of benzene rings is 1. The van der Waals surface area contributed by atoms with Crippen LogP contribution in [0.3, 0.4) is 0 Å². The summed E-state index contributed by atoms with van der Waals surface area (Å²) in [5.41, 5.74) is 2.63. The first-order chi connectivity index (χ1) is 13.2. The lowest BCUT2D eigenvalue weighted by atomic mass is 10.2. The third kappa shape index (κ3) is 2.49. The molecule has 0 saturated carbocycles. The van der Waals surface area contributed by atoms with Crippen molar-refractivity contribution in [2.45, 2.75) is 19.9 Å². The second-order valence-electron chi connectivity index (χ2n) is 6.21. The first-order valence-corrected chi connectivity index (χ1v) is 8.40. The predicted molar refractivity (Wildman–Crippen MR) is 96.9 cm³/mol. The van der Waals surface area contributed by atoms with E-state index in [1.807, 2.05) is 44.2 Å². The molecule has 4 aromatic heterocycles. The van der Waals surface area contributed by atoms with Gasteiger partial charge < -0.3 is 9.84 Å². The number of nitrogens with one attached hydrogen (secondary N) is 2. The maximum absolute atomic E-state index is 5.18. The number of para-hydroxylation sites is 1. The molecule has 0 saturated heterocycles. The van der Waals surface area contributed by atoms with Gasteiger partial charge in [0.15, 0.2) is 11.3 Å². The number of aromatic nitrogens is 8. The van der Waals surface area contributed by atoms with Gasteiger partial charge in [-0.2, -0.15) is 9.61 Å². The average molecular weight is 361 g/mol. The third-order valence-electron chi connectivity index (χ3n) is 4.32. The molecule has 0 spiro atoms. The lowest BCUT2D eigenvalue weighted by Crippen LogP contribution is -2.11. The summed E-state index contributed by atoms with van der Waals surface area (Å²) in [6, 6.07) is 9.57. The molecule has 10 nitrogen and oxygen atoms in total. The van der Waals surface area contributed by atoms with Gasteiger partial charge in [0.05, 0.1) is 11.6 Å². The van der Waals surface area contributed by atoms with E-state index in [1.165, 1.54) is 6.33 Å². The number of aromatic amines is 1. The summed E-state index contributed by atoms with van der Waals surface area (Å²) in [7, 11) is 0. The number of hydrogen-bond acceptors (Lipinski definition) is 8. The van der Waals surface area contributed by atoms with E-state index in [-0.39, 0.29) is 6.04 Å². The summed E-state index contributed by atoms with van der Waals surface area (Å²) < 4.78 is 6.89. The largest absolute Gasteiger partial charge is 0.361 e. The first-order valence-electron chi connectivity index (χ1n) is 8.40. The molecule has 0 bridgehead atoms.